The van der Waals surface area contributed by atoms with Crippen LogP contribution in [0.25, 0.3) is 28.2 Å². The lowest BCUT2D eigenvalue weighted by Crippen LogP contribution is -2.23. The second kappa shape index (κ2) is 9.46. The molecule has 0 saturated carbocycles. The summed E-state index contributed by atoms with van der Waals surface area (Å²) in [5.74, 6) is -0.446. The summed E-state index contributed by atoms with van der Waals surface area (Å²) in [5.41, 5.74) is 7.58. The average molecular weight is 484 g/mol. The minimum Gasteiger partial charge on any atom is -0.489 e. The molecule has 0 fully saturated rings. The van der Waals surface area contributed by atoms with Gasteiger partial charge in [0.25, 0.3) is 5.91 Å². The van der Waals surface area contributed by atoms with Gasteiger partial charge in [0.05, 0.1) is 5.69 Å². The van der Waals surface area contributed by atoms with E-state index < -0.39 is 17.4 Å². The largest absolute Gasteiger partial charge is 0.489 e. The number of hydrogen-bond acceptors (Lipinski definition) is 5. The zero-order chi connectivity index (χ0) is 25.2. The Labute approximate surface area is 205 Å². The average Bonchev–Trinajstić information content (AvgIpc) is 3.19. The lowest BCUT2D eigenvalue weighted by Gasteiger charge is -2.10. The number of nitrogens with two attached hydrogens (primary N) is 1. The Morgan fingerprint density at radius 1 is 1.00 bits per heavy atom. The fraction of sp³-hybridized carbons (Fsp3) is 0.111. The third-order valence-corrected chi connectivity index (χ3v) is 5.74. The molecule has 0 saturated heterocycles. The number of aromatic nitrogens is 4. The zero-order valence-electron chi connectivity index (χ0n) is 19.4. The number of carbonyl (C=O) groups excluding carboxylic acids is 1. The molecule has 9 heteroatoms. The van der Waals surface area contributed by atoms with Crippen molar-refractivity contribution < 1.29 is 13.9 Å². The number of ether oxygens (including phenoxy) is 1. The van der Waals surface area contributed by atoms with E-state index in [1.165, 1.54) is 33.4 Å². The molecule has 2 N–H and O–H groups in total. The highest BCUT2D eigenvalue weighted by atomic mass is 19.1. The Hall–Kier alpha value is -4.79. The lowest BCUT2D eigenvalue weighted by atomic mass is 10.2. The van der Waals surface area contributed by atoms with E-state index >= 15 is 0 Å². The van der Waals surface area contributed by atoms with Gasteiger partial charge in [-0.15, -0.1) is 0 Å². The Balaban J connectivity index is 1.66. The van der Waals surface area contributed by atoms with Crippen molar-refractivity contribution >= 4 is 17.1 Å². The van der Waals surface area contributed by atoms with E-state index in [4.69, 9.17) is 10.5 Å². The molecule has 2 aromatic heterocycles. The summed E-state index contributed by atoms with van der Waals surface area (Å²) in [4.78, 5) is 34.8. The van der Waals surface area contributed by atoms with Crippen molar-refractivity contribution in [2.45, 2.75) is 20.1 Å². The van der Waals surface area contributed by atoms with Crippen LogP contribution in [0.3, 0.4) is 0 Å². The number of amides is 1. The Bertz CT molecular complexity index is 1630. The first-order chi connectivity index (χ1) is 17.5. The van der Waals surface area contributed by atoms with Crippen molar-refractivity contribution in [3.8, 4) is 22.8 Å². The number of imidazole rings is 1. The first kappa shape index (κ1) is 23.0. The van der Waals surface area contributed by atoms with Gasteiger partial charge in [-0.3, -0.25) is 9.36 Å². The minimum absolute atomic E-state index is 0.0783. The fourth-order valence-electron chi connectivity index (χ4n) is 4.04. The summed E-state index contributed by atoms with van der Waals surface area (Å²) in [6.07, 6.45) is 0. The molecule has 0 spiro atoms. The van der Waals surface area contributed by atoms with E-state index in [0.717, 1.165) is 5.56 Å². The molecule has 1 amide bonds. The van der Waals surface area contributed by atoms with Crippen molar-refractivity contribution in [2.24, 2.45) is 5.73 Å². The number of fused-ring (bicyclic) bond motifs is 1. The van der Waals surface area contributed by atoms with Crippen LogP contribution in [0.15, 0.2) is 83.7 Å². The molecular formula is C27H22FN5O3. The molecular weight excluding hydrogens is 461 g/mol. The molecule has 36 heavy (non-hydrogen) atoms. The second-order valence-electron chi connectivity index (χ2n) is 8.07. The molecule has 5 rings (SSSR count). The van der Waals surface area contributed by atoms with E-state index in [1.54, 1.807) is 25.1 Å². The van der Waals surface area contributed by atoms with Gasteiger partial charge in [-0.1, -0.05) is 42.5 Å². The monoisotopic (exact) mass is 483 g/mol. The Morgan fingerprint density at radius 2 is 1.75 bits per heavy atom. The van der Waals surface area contributed by atoms with Gasteiger partial charge in [0.2, 0.25) is 0 Å². The molecule has 8 nitrogen and oxygen atoms in total. The molecule has 180 valence electrons. The van der Waals surface area contributed by atoms with Gasteiger partial charge in [0.1, 0.15) is 23.7 Å². The molecule has 2 heterocycles. The fourth-order valence-corrected chi connectivity index (χ4v) is 4.04. The standard InChI is InChI=1S/C27H22FN5O3/c1-2-32-23-22(24(29)34)30-25(31-26(23)33(27(32)35)20-13-11-19(28)12-14-20)18-9-6-10-21(15-18)36-16-17-7-4-3-5-8-17/h3-15H,2,16H2,1H3,(H2,29,34). The predicted octanol–water partition coefficient (Wildman–Crippen LogP) is 4.09. The summed E-state index contributed by atoms with van der Waals surface area (Å²) >= 11 is 0. The number of halogens is 1. The quantitative estimate of drug-likeness (QED) is 0.376. The van der Waals surface area contributed by atoms with Crippen molar-refractivity contribution in [1.82, 2.24) is 19.1 Å². The third kappa shape index (κ3) is 4.22. The van der Waals surface area contributed by atoms with Gasteiger partial charge in [-0.25, -0.2) is 23.7 Å². The van der Waals surface area contributed by atoms with Gasteiger partial charge in [-0.2, -0.15) is 0 Å². The Kier molecular flexibility index (Phi) is 6.03. The molecule has 0 unspecified atom stereocenters. The number of rotatable bonds is 7. The van der Waals surface area contributed by atoms with Gasteiger partial charge >= 0.3 is 5.69 Å². The summed E-state index contributed by atoms with van der Waals surface area (Å²) in [7, 11) is 0. The maximum Gasteiger partial charge on any atom is 0.335 e. The van der Waals surface area contributed by atoms with Crippen LogP contribution in [-0.2, 0) is 13.2 Å². The van der Waals surface area contributed by atoms with Gasteiger partial charge in [0.15, 0.2) is 17.2 Å². The van der Waals surface area contributed by atoms with Gasteiger partial charge in [-0.05, 0) is 48.9 Å². The SMILES string of the molecule is CCn1c(=O)n(-c2ccc(F)cc2)c2nc(-c3cccc(OCc4ccccc4)c3)nc(C(N)=O)c21. The topological polar surface area (TPSA) is 105 Å². The molecule has 0 atom stereocenters. The van der Waals surface area contributed by atoms with Crippen LogP contribution >= 0.6 is 0 Å². The normalized spacial score (nSPS) is 11.1. The second-order valence-corrected chi connectivity index (χ2v) is 8.07. The molecule has 0 aliphatic heterocycles. The number of carbonyl (C=O) groups is 1. The maximum atomic E-state index is 13.6. The van der Waals surface area contributed by atoms with E-state index in [9.17, 15) is 14.0 Å². The summed E-state index contributed by atoms with van der Waals surface area (Å²) < 4.78 is 22.2. The first-order valence-corrected chi connectivity index (χ1v) is 11.3. The lowest BCUT2D eigenvalue weighted by molar-refractivity contribution is 0.0997. The van der Waals surface area contributed by atoms with E-state index in [-0.39, 0.29) is 29.2 Å². The molecule has 3 aromatic carbocycles. The first-order valence-electron chi connectivity index (χ1n) is 11.3. The van der Waals surface area contributed by atoms with Crippen LogP contribution in [0.2, 0.25) is 0 Å². The highest BCUT2D eigenvalue weighted by Gasteiger charge is 2.23. The molecule has 0 aliphatic carbocycles. The Morgan fingerprint density at radius 3 is 2.44 bits per heavy atom. The van der Waals surface area contributed by atoms with Crippen molar-refractivity contribution in [1.29, 1.82) is 0 Å². The maximum absolute atomic E-state index is 13.6. The van der Waals surface area contributed by atoms with Gasteiger partial charge in [0, 0.05) is 12.1 Å². The van der Waals surface area contributed by atoms with Crippen LogP contribution in [-0.4, -0.2) is 25.0 Å². The van der Waals surface area contributed by atoms with Crippen LogP contribution < -0.4 is 16.2 Å². The van der Waals surface area contributed by atoms with Crippen molar-refractivity contribution in [2.75, 3.05) is 0 Å². The van der Waals surface area contributed by atoms with Crippen LogP contribution in [0, 0.1) is 5.82 Å². The third-order valence-electron chi connectivity index (χ3n) is 5.74. The zero-order valence-corrected chi connectivity index (χ0v) is 19.4. The van der Waals surface area contributed by atoms with Crippen LogP contribution in [0.5, 0.6) is 5.75 Å². The smallest absolute Gasteiger partial charge is 0.335 e. The number of benzene rings is 3. The number of hydrogen-bond donors (Lipinski definition) is 1. The van der Waals surface area contributed by atoms with E-state index in [2.05, 4.69) is 9.97 Å². The summed E-state index contributed by atoms with van der Waals surface area (Å²) in [5, 5.41) is 0. The molecule has 0 aliphatic rings. The number of nitrogens with zero attached hydrogens (tertiary/aromatic N) is 4. The molecule has 5 aromatic rings. The van der Waals surface area contributed by atoms with Crippen molar-refractivity contribution in [3.63, 3.8) is 0 Å². The van der Waals surface area contributed by atoms with E-state index in [0.29, 0.717) is 23.6 Å². The summed E-state index contributed by atoms with van der Waals surface area (Å²) in [6, 6.07) is 22.3. The molecule has 0 radical (unpaired) electrons. The van der Waals surface area contributed by atoms with Gasteiger partial charge < -0.3 is 10.5 Å². The number of aryl methyl sites for hydroxylation is 1. The van der Waals surface area contributed by atoms with Crippen LogP contribution in [0.1, 0.15) is 23.0 Å². The molecule has 0 bridgehead atoms. The van der Waals surface area contributed by atoms with Crippen LogP contribution in [0.4, 0.5) is 4.39 Å². The predicted molar refractivity (Wildman–Crippen MR) is 133 cm³/mol. The summed E-state index contributed by atoms with van der Waals surface area (Å²) in [6.45, 7) is 2.40. The van der Waals surface area contributed by atoms with E-state index in [1.807, 2.05) is 36.4 Å². The highest BCUT2D eigenvalue weighted by molar-refractivity contribution is 6.02. The highest BCUT2D eigenvalue weighted by Crippen LogP contribution is 2.26. The minimum atomic E-state index is -0.793. The number of primary amides is 1. The van der Waals surface area contributed by atoms with Crippen molar-refractivity contribution in [3.05, 3.63) is 106 Å².